The summed E-state index contributed by atoms with van der Waals surface area (Å²) in [5.74, 6) is -1.84. The van der Waals surface area contributed by atoms with Crippen LogP contribution >= 0.6 is 0 Å². The van der Waals surface area contributed by atoms with Crippen molar-refractivity contribution in [2.24, 2.45) is 0 Å². The zero-order valence-corrected chi connectivity index (χ0v) is 18.2. The van der Waals surface area contributed by atoms with E-state index in [9.17, 15) is 24.0 Å². The summed E-state index contributed by atoms with van der Waals surface area (Å²) in [6, 6.07) is 3.56. The molecule has 10 heteroatoms. The average molecular weight is 443 g/mol. The van der Waals surface area contributed by atoms with Crippen molar-refractivity contribution in [1.82, 2.24) is 15.1 Å². The predicted octanol–water partition coefficient (Wildman–Crippen LogP) is 1.48. The normalized spacial score (nSPS) is 23.3. The summed E-state index contributed by atoms with van der Waals surface area (Å²) in [4.78, 5) is 63.9. The Kier molecular flexibility index (Phi) is 5.39. The minimum atomic E-state index is -1.01. The molecule has 0 saturated carbocycles. The van der Waals surface area contributed by atoms with E-state index >= 15 is 0 Å². The van der Waals surface area contributed by atoms with E-state index in [1.54, 1.807) is 31.7 Å². The predicted molar refractivity (Wildman–Crippen MR) is 110 cm³/mol. The highest BCUT2D eigenvalue weighted by Crippen LogP contribution is 2.31. The molecule has 32 heavy (non-hydrogen) atoms. The summed E-state index contributed by atoms with van der Waals surface area (Å²) in [5.41, 5.74) is -0.245. The molecule has 1 aromatic rings. The van der Waals surface area contributed by atoms with Gasteiger partial charge in [-0.3, -0.25) is 29.4 Å². The summed E-state index contributed by atoms with van der Waals surface area (Å²) in [5, 5.41) is 2.17. The Hall–Kier alpha value is -3.43. The van der Waals surface area contributed by atoms with Gasteiger partial charge in [-0.15, -0.1) is 0 Å². The summed E-state index contributed by atoms with van der Waals surface area (Å²) < 4.78 is 11.3. The molecule has 2 atom stereocenters. The molecule has 1 N–H and O–H groups in total. The fourth-order valence-electron chi connectivity index (χ4n) is 4.03. The van der Waals surface area contributed by atoms with Gasteiger partial charge < -0.3 is 14.4 Å². The van der Waals surface area contributed by atoms with Crippen LogP contribution in [-0.2, 0) is 14.3 Å². The number of fused-ring (bicyclic) bond motifs is 1. The Balaban J connectivity index is 1.44. The zero-order valence-electron chi connectivity index (χ0n) is 18.2. The van der Waals surface area contributed by atoms with Gasteiger partial charge in [0.25, 0.3) is 11.8 Å². The highest BCUT2D eigenvalue weighted by Gasteiger charge is 2.44. The van der Waals surface area contributed by atoms with Crippen LogP contribution in [0.3, 0.4) is 0 Å². The van der Waals surface area contributed by atoms with E-state index in [0.717, 1.165) is 4.90 Å². The number of piperidine rings is 1. The van der Waals surface area contributed by atoms with Crippen molar-refractivity contribution < 1.29 is 33.4 Å². The third kappa shape index (κ3) is 4.17. The molecule has 1 aromatic carbocycles. The number of benzene rings is 1. The smallest absolute Gasteiger partial charge is 0.410 e. The molecule has 3 aliphatic heterocycles. The fourth-order valence-corrected chi connectivity index (χ4v) is 4.03. The van der Waals surface area contributed by atoms with E-state index in [0.29, 0.717) is 25.3 Å². The second kappa shape index (κ2) is 7.92. The first-order valence-corrected chi connectivity index (χ1v) is 10.5. The van der Waals surface area contributed by atoms with Crippen LogP contribution in [0, 0.1) is 0 Å². The molecule has 5 amide bonds. The van der Waals surface area contributed by atoms with Crippen molar-refractivity contribution in [3.8, 4) is 5.75 Å². The van der Waals surface area contributed by atoms with Gasteiger partial charge >= 0.3 is 6.09 Å². The number of ether oxygens (including phenoxy) is 2. The molecule has 1 unspecified atom stereocenters. The SMILES string of the molecule is CC(C)(C)OC(=O)N1CC[C@@H](Oc2ccc3c(c2)C(=O)N(C2CCC(=O)NC2=O)C3=O)C1. The van der Waals surface area contributed by atoms with Crippen LogP contribution in [0.15, 0.2) is 18.2 Å². The molecule has 3 aliphatic rings. The summed E-state index contributed by atoms with van der Waals surface area (Å²) in [6.45, 7) is 6.24. The van der Waals surface area contributed by atoms with Crippen LogP contribution < -0.4 is 10.1 Å². The Morgan fingerprint density at radius 2 is 1.78 bits per heavy atom. The van der Waals surface area contributed by atoms with E-state index in [1.165, 1.54) is 12.1 Å². The lowest BCUT2D eigenvalue weighted by Crippen LogP contribution is -2.54. The Morgan fingerprint density at radius 3 is 2.47 bits per heavy atom. The third-order valence-electron chi connectivity index (χ3n) is 5.51. The number of likely N-dealkylation sites (tertiary alicyclic amines) is 1. The van der Waals surface area contributed by atoms with Gasteiger partial charge in [-0.1, -0.05) is 0 Å². The number of rotatable bonds is 3. The quantitative estimate of drug-likeness (QED) is 0.702. The maximum atomic E-state index is 12.9. The molecule has 3 heterocycles. The van der Waals surface area contributed by atoms with E-state index < -0.39 is 41.4 Å². The number of carbonyl (C=O) groups excluding carboxylic acids is 5. The molecular weight excluding hydrogens is 418 g/mol. The second-order valence-electron chi connectivity index (χ2n) is 9.11. The maximum Gasteiger partial charge on any atom is 0.410 e. The van der Waals surface area contributed by atoms with Gasteiger partial charge in [0.2, 0.25) is 11.8 Å². The summed E-state index contributed by atoms with van der Waals surface area (Å²) in [6.07, 6.45) is 0.0824. The highest BCUT2D eigenvalue weighted by molar-refractivity contribution is 6.23. The van der Waals surface area contributed by atoms with Gasteiger partial charge in [-0.25, -0.2) is 4.79 Å². The Labute approximate surface area is 184 Å². The van der Waals surface area contributed by atoms with Crippen LogP contribution in [0.1, 0.15) is 60.7 Å². The van der Waals surface area contributed by atoms with Gasteiger partial charge in [-0.2, -0.15) is 0 Å². The lowest BCUT2D eigenvalue weighted by molar-refractivity contribution is -0.136. The zero-order chi connectivity index (χ0) is 23.2. The molecular formula is C22H25N3O7. The van der Waals surface area contributed by atoms with Crippen LogP contribution in [0.4, 0.5) is 4.79 Å². The Bertz CT molecular complexity index is 1010. The van der Waals surface area contributed by atoms with Crippen molar-refractivity contribution in [3.05, 3.63) is 29.3 Å². The molecule has 2 fully saturated rings. The number of hydrogen-bond donors (Lipinski definition) is 1. The van der Waals surface area contributed by atoms with Gasteiger partial charge in [0.1, 0.15) is 23.5 Å². The molecule has 0 aromatic heterocycles. The largest absolute Gasteiger partial charge is 0.488 e. The lowest BCUT2D eigenvalue weighted by atomic mass is 10.0. The number of amides is 5. The lowest BCUT2D eigenvalue weighted by Gasteiger charge is -2.27. The van der Waals surface area contributed by atoms with E-state index in [1.807, 2.05) is 0 Å². The van der Waals surface area contributed by atoms with Crippen LogP contribution in [0.5, 0.6) is 5.75 Å². The number of imide groups is 2. The van der Waals surface area contributed by atoms with E-state index in [2.05, 4.69) is 5.32 Å². The van der Waals surface area contributed by atoms with Crippen molar-refractivity contribution >= 4 is 29.7 Å². The minimum Gasteiger partial charge on any atom is -0.488 e. The monoisotopic (exact) mass is 443 g/mol. The molecule has 4 rings (SSSR count). The molecule has 2 saturated heterocycles. The van der Waals surface area contributed by atoms with Crippen molar-refractivity contribution in [3.63, 3.8) is 0 Å². The number of hydrogen-bond acceptors (Lipinski definition) is 7. The number of nitrogens with one attached hydrogen (secondary N) is 1. The van der Waals surface area contributed by atoms with Crippen molar-refractivity contribution in [2.75, 3.05) is 13.1 Å². The standard InChI is InChI=1S/C22H25N3O7/c1-22(2,3)32-21(30)24-9-8-13(11-24)31-12-4-5-14-15(10-12)20(29)25(19(14)28)16-6-7-17(26)23-18(16)27/h4-5,10,13,16H,6-9,11H2,1-3H3,(H,23,26,27)/t13-,16?/m1/s1. The average Bonchev–Trinajstić information content (AvgIpc) is 3.25. The van der Waals surface area contributed by atoms with Gasteiger partial charge in [0.05, 0.1) is 17.7 Å². The van der Waals surface area contributed by atoms with E-state index in [-0.39, 0.29) is 30.1 Å². The molecule has 0 spiro atoms. The van der Waals surface area contributed by atoms with Gasteiger partial charge in [-0.05, 0) is 45.4 Å². The summed E-state index contributed by atoms with van der Waals surface area (Å²) >= 11 is 0. The van der Waals surface area contributed by atoms with Crippen LogP contribution in [-0.4, -0.2) is 70.4 Å². The molecule has 0 radical (unpaired) electrons. The molecule has 0 aliphatic carbocycles. The maximum absolute atomic E-state index is 12.9. The van der Waals surface area contributed by atoms with E-state index in [4.69, 9.17) is 9.47 Å². The number of carbonyl (C=O) groups is 5. The number of nitrogens with zero attached hydrogens (tertiary/aromatic N) is 2. The van der Waals surface area contributed by atoms with Gasteiger partial charge in [0.15, 0.2) is 0 Å². The summed E-state index contributed by atoms with van der Waals surface area (Å²) in [7, 11) is 0. The minimum absolute atomic E-state index is 0.0635. The molecule has 0 bridgehead atoms. The molecule has 170 valence electrons. The highest BCUT2D eigenvalue weighted by atomic mass is 16.6. The molecule has 10 nitrogen and oxygen atoms in total. The van der Waals surface area contributed by atoms with Crippen LogP contribution in [0.25, 0.3) is 0 Å². The fraction of sp³-hybridized carbons (Fsp3) is 0.500. The first-order valence-electron chi connectivity index (χ1n) is 10.5. The Morgan fingerprint density at radius 1 is 1.06 bits per heavy atom. The second-order valence-corrected chi connectivity index (χ2v) is 9.11. The van der Waals surface area contributed by atoms with Gasteiger partial charge in [0, 0.05) is 19.4 Å². The first-order chi connectivity index (χ1) is 15.0. The third-order valence-corrected chi connectivity index (χ3v) is 5.51. The van der Waals surface area contributed by atoms with Crippen molar-refractivity contribution in [1.29, 1.82) is 0 Å². The van der Waals surface area contributed by atoms with Crippen molar-refractivity contribution in [2.45, 2.75) is 57.8 Å². The first kappa shape index (κ1) is 21.8. The van der Waals surface area contributed by atoms with Crippen LogP contribution in [0.2, 0.25) is 0 Å². The topological polar surface area (TPSA) is 122 Å².